The molecule has 0 aliphatic carbocycles. The summed E-state index contributed by atoms with van der Waals surface area (Å²) in [5, 5.41) is 13.2. The molecule has 1 aromatic carbocycles. The van der Waals surface area contributed by atoms with Gasteiger partial charge in [-0.2, -0.15) is 0 Å². The molecule has 0 atom stereocenters. The van der Waals surface area contributed by atoms with Crippen LogP contribution in [0.15, 0.2) is 39.4 Å². The summed E-state index contributed by atoms with van der Waals surface area (Å²) < 4.78 is 6.94. The van der Waals surface area contributed by atoms with Gasteiger partial charge < -0.3 is 9.84 Å². The second-order valence-electron chi connectivity index (χ2n) is 3.86. The molecule has 6 heteroatoms. The maximum atomic E-state index is 9.99. The number of phenols is 1. The first-order chi connectivity index (χ1) is 9.11. The van der Waals surface area contributed by atoms with Crippen molar-refractivity contribution < 1.29 is 14.8 Å². The van der Waals surface area contributed by atoms with Gasteiger partial charge in [0.1, 0.15) is 17.2 Å². The first kappa shape index (κ1) is 14.1. The molecule has 2 rings (SSSR count). The second kappa shape index (κ2) is 6.25. The highest BCUT2D eigenvalue weighted by molar-refractivity contribution is 9.11. The lowest BCUT2D eigenvalue weighted by molar-refractivity contribution is -0.362. The number of ether oxygens (including phenoxy) is 1. The SMILES string of the molecule is COc1cccc(CNc2[nH+]cc(Br)cc2Br)c1O. The van der Waals surface area contributed by atoms with Crippen molar-refractivity contribution in [3.8, 4) is 11.5 Å². The lowest BCUT2D eigenvalue weighted by atomic mass is 10.2. The minimum Gasteiger partial charge on any atom is -0.504 e. The van der Waals surface area contributed by atoms with Gasteiger partial charge in [0.2, 0.25) is 0 Å². The molecular formula is C13H13Br2N2O2+. The van der Waals surface area contributed by atoms with Crippen LogP contribution >= 0.6 is 31.9 Å². The summed E-state index contributed by atoms with van der Waals surface area (Å²) in [6, 6.07) is 7.35. The topological polar surface area (TPSA) is 55.6 Å². The van der Waals surface area contributed by atoms with Crippen LogP contribution in [-0.2, 0) is 6.54 Å². The van der Waals surface area contributed by atoms with Gasteiger partial charge in [0, 0.05) is 5.56 Å². The number of benzene rings is 1. The molecule has 3 N–H and O–H groups in total. The number of nitrogens with one attached hydrogen (secondary N) is 2. The normalized spacial score (nSPS) is 10.3. The fourth-order valence-corrected chi connectivity index (χ4v) is 2.79. The van der Waals surface area contributed by atoms with E-state index in [0.717, 1.165) is 20.3 Å². The van der Waals surface area contributed by atoms with E-state index in [0.29, 0.717) is 12.3 Å². The lowest BCUT2D eigenvalue weighted by Crippen LogP contribution is -2.13. The molecule has 0 amide bonds. The minimum absolute atomic E-state index is 0.158. The zero-order chi connectivity index (χ0) is 13.8. The van der Waals surface area contributed by atoms with E-state index in [1.807, 2.05) is 24.4 Å². The van der Waals surface area contributed by atoms with Gasteiger partial charge in [-0.25, -0.2) is 4.98 Å². The van der Waals surface area contributed by atoms with Crippen LogP contribution in [0, 0.1) is 0 Å². The van der Waals surface area contributed by atoms with Crippen LogP contribution in [-0.4, -0.2) is 12.2 Å². The summed E-state index contributed by atoms with van der Waals surface area (Å²) in [6.45, 7) is 0.486. The van der Waals surface area contributed by atoms with Gasteiger partial charge in [-0.15, -0.1) is 0 Å². The van der Waals surface area contributed by atoms with E-state index in [1.54, 1.807) is 6.07 Å². The van der Waals surface area contributed by atoms with Crippen LogP contribution in [0.5, 0.6) is 11.5 Å². The molecule has 1 aromatic heterocycles. The van der Waals surface area contributed by atoms with Gasteiger partial charge in [0.25, 0.3) is 5.82 Å². The largest absolute Gasteiger partial charge is 0.504 e. The summed E-state index contributed by atoms with van der Waals surface area (Å²) in [6.07, 6.45) is 1.83. The molecule has 0 aliphatic rings. The van der Waals surface area contributed by atoms with Gasteiger partial charge in [-0.05, 0) is 44.0 Å². The third kappa shape index (κ3) is 3.39. The van der Waals surface area contributed by atoms with Gasteiger partial charge in [-0.3, -0.25) is 5.32 Å². The zero-order valence-corrected chi connectivity index (χ0v) is 13.4. The van der Waals surface area contributed by atoms with Crippen molar-refractivity contribution in [1.82, 2.24) is 0 Å². The lowest BCUT2D eigenvalue weighted by Gasteiger charge is -2.07. The fraction of sp³-hybridized carbons (Fsp3) is 0.154. The standard InChI is InChI=1S/C13H12Br2N2O2/c1-19-11-4-2-3-8(12(11)18)6-16-13-10(15)5-9(14)7-17-13/h2-5,7,18H,6H2,1H3,(H,16,17)/p+1. The predicted octanol–water partition coefficient (Wildman–Crippen LogP) is 3.35. The van der Waals surface area contributed by atoms with Crippen LogP contribution in [0.25, 0.3) is 0 Å². The highest BCUT2D eigenvalue weighted by Gasteiger charge is 2.12. The molecule has 2 aromatic rings. The number of rotatable bonds is 4. The summed E-state index contributed by atoms with van der Waals surface area (Å²) in [5.41, 5.74) is 0.766. The number of aromatic nitrogens is 1. The average molecular weight is 389 g/mol. The van der Waals surface area contributed by atoms with E-state index < -0.39 is 0 Å². The third-order valence-electron chi connectivity index (χ3n) is 2.62. The predicted molar refractivity (Wildman–Crippen MR) is 80.4 cm³/mol. The summed E-state index contributed by atoms with van der Waals surface area (Å²) >= 11 is 6.83. The van der Waals surface area contributed by atoms with E-state index >= 15 is 0 Å². The van der Waals surface area contributed by atoms with E-state index in [9.17, 15) is 5.11 Å². The molecule has 1 heterocycles. The van der Waals surface area contributed by atoms with Crippen LogP contribution in [0.4, 0.5) is 5.82 Å². The summed E-state index contributed by atoms with van der Waals surface area (Å²) in [4.78, 5) is 3.11. The molecule has 0 bridgehead atoms. The van der Waals surface area contributed by atoms with Gasteiger partial charge in [0.15, 0.2) is 11.5 Å². The van der Waals surface area contributed by atoms with Crippen molar-refractivity contribution >= 4 is 37.7 Å². The van der Waals surface area contributed by atoms with E-state index in [-0.39, 0.29) is 5.75 Å². The molecule has 0 spiro atoms. The maximum Gasteiger partial charge on any atom is 0.287 e. The number of halogens is 2. The van der Waals surface area contributed by atoms with Gasteiger partial charge in [-0.1, -0.05) is 12.1 Å². The molecule has 0 fully saturated rings. The molecule has 100 valence electrons. The smallest absolute Gasteiger partial charge is 0.287 e. The number of aromatic amines is 1. The van der Waals surface area contributed by atoms with Crippen molar-refractivity contribution in [1.29, 1.82) is 0 Å². The molecule has 0 radical (unpaired) electrons. The molecule has 4 nitrogen and oxygen atoms in total. The zero-order valence-electron chi connectivity index (χ0n) is 10.2. The molecule has 0 saturated carbocycles. The second-order valence-corrected chi connectivity index (χ2v) is 5.63. The maximum absolute atomic E-state index is 9.99. The number of phenolic OH excluding ortho intramolecular Hbond substituents is 1. The van der Waals surface area contributed by atoms with Crippen LogP contribution < -0.4 is 15.0 Å². The monoisotopic (exact) mass is 387 g/mol. The van der Waals surface area contributed by atoms with E-state index in [2.05, 4.69) is 42.2 Å². The Labute approximate surface area is 128 Å². The highest BCUT2D eigenvalue weighted by Crippen LogP contribution is 2.30. The fourth-order valence-electron chi connectivity index (χ4n) is 1.64. The van der Waals surface area contributed by atoms with Crippen LogP contribution in [0.1, 0.15) is 5.56 Å². The number of pyridine rings is 1. The number of anilines is 1. The Morgan fingerprint density at radius 3 is 2.84 bits per heavy atom. The van der Waals surface area contributed by atoms with Gasteiger partial charge in [0.05, 0.1) is 11.6 Å². The van der Waals surface area contributed by atoms with Crippen molar-refractivity contribution in [2.75, 3.05) is 12.4 Å². The van der Waals surface area contributed by atoms with Crippen molar-refractivity contribution in [3.05, 3.63) is 45.0 Å². The molecule has 19 heavy (non-hydrogen) atoms. The Morgan fingerprint density at radius 2 is 2.16 bits per heavy atom. The number of methoxy groups -OCH3 is 1. The Morgan fingerprint density at radius 1 is 1.37 bits per heavy atom. The number of hydrogen-bond donors (Lipinski definition) is 2. The van der Waals surface area contributed by atoms with Crippen LogP contribution in [0.2, 0.25) is 0 Å². The highest BCUT2D eigenvalue weighted by atomic mass is 79.9. The Kier molecular flexibility index (Phi) is 4.66. The van der Waals surface area contributed by atoms with E-state index in [1.165, 1.54) is 7.11 Å². The molecule has 0 aliphatic heterocycles. The van der Waals surface area contributed by atoms with Crippen molar-refractivity contribution in [2.45, 2.75) is 6.54 Å². The van der Waals surface area contributed by atoms with Crippen molar-refractivity contribution in [3.63, 3.8) is 0 Å². The number of aromatic hydroxyl groups is 1. The number of hydrogen-bond acceptors (Lipinski definition) is 3. The summed E-state index contributed by atoms with van der Waals surface area (Å²) in [5.74, 6) is 1.47. The first-order valence-electron chi connectivity index (χ1n) is 5.57. The van der Waals surface area contributed by atoms with Crippen molar-refractivity contribution in [2.24, 2.45) is 0 Å². The quantitative estimate of drug-likeness (QED) is 0.844. The first-order valence-corrected chi connectivity index (χ1v) is 7.16. The molecule has 0 saturated heterocycles. The third-order valence-corrected chi connectivity index (χ3v) is 3.70. The minimum atomic E-state index is 0.158. The molecular weight excluding hydrogens is 376 g/mol. The molecule has 0 unspecified atom stereocenters. The Balaban J connectivity index is 2.14. The van der Waals surface area contributed by atoms with Crippen LogP contribution in [0.3, 0.4) is 0 Å². The Bertz CT molecular complexity index is 591. The van der Waals surface area contributed by atoms with Gasteiger partial charge >= 0.3 is 0 Å². The number of H-pyrrole nitrogens is 1. The average Bonchev–Trinajstić information content (AvgIpc) is 2.39. The number of para-hydroxylation sites is 1. The Hall–Kier alpha value is -1.27. The van der Waals surface area contributed by atoms with E-state index in [4.69, 9.17) is 4.74 Å². The summed E-state index contributed by atoms with van der Waals surface area (Å²) in [7, 11) is 1.53.